The Kier molecular flexibility index (Phi) is 5.86. The van der Waals surface area contributed by atoms with Crippen molar-refractivity contribution >= 4 is 23.4 Å². The summed E-state index contributed by atoms with van der Waals surface area (Å²) in [6.07, 6.45) is 2.70. The molecule has 17 heavy (non-hydrogen) atoms. The van der Waals surface area contributed by atoms with Gasteiger partial charge in [0.05, 0.1) is 6.04 Å². The van der Waals surface area contributed by atoms with E-state index in [0.717, 1.165) is 17.0 Å². The van der Waals surface area contributed by atoms with Gasteiger partial charge in [0.25, 0.3) is 0 Å². The van der Waals surface area contributed by atoms with E-state index >= 15 is 0 Å². The number of rotatable bonds is 6. The number of nitrogens with one attached hydrogen (secondary N) is 1. The van der Waals surface area contributed by atoms with Gasteiger partial charge < -0.3 is 16.8 Å². The first kappa shape index (κ1) is 13.9. The van der Waals surface area contributed by atoms with Gasteiger partial charge in [-0.1, -0.05) is 12.1 Å². The molecule has 0 unspecified atom stereocenters. The topological polar surface area (TPSA) is 81.1 Å². The van der Waals surface area contributed by atoms with Crippen LogP contribution >= 0.6 is 11.8 Å². The first-order chi connectivity index (χ1) is 8.13. The van der Waals surface area contributed by atoms with Crippen molar-refractivity contribution in [3.63, 3.8) is 0 Å². The SMILES string of the molecule is CSCC[C@H](N)C(=O)NCc1ccc(N)cc1. The Morgan fingerprint density at radius 1 is 1.41 bits per heavy atom. The zero-order valence-electron chi connectivity index (χ0n) is 9.98. The molecule has 5 N–H and O–H groups in total. The predicted octanol–water partition coefficient (Wildman–Crippen LogP) is 0.965. The highest BCUT2D eigenvalue weighted by atomic mass is 32.2. The lowest BCUT2D eigenvalue weighted by Crippen LogP contribution is -2.40. The second kappa shape index (κ2) is 7.19. The number of hydrogen-bond donors (Lipinski definition) is 3. The van der Waals surface area contributed by atoms with Crippen molar-refractivity contribution < 1.29 is 4.79 Å². The molecule has 0 heterocycles. The molecule has 0 aromatic heterocycles. The van der Waals surface area contributed by atoms with Crippen LogP contribution in [-0.4, -0.2) is 24.0 Å². The van der Waals surface area contributed by atoms with E-state index in [4.69, 9.17) is 11.5 Å². The number of carbonyl (C=O) groups excluding carboxylic acids is 1. The molecular formula is C12H19N3OS. The smallest absolute Gasteiger partial charge is 0.237 e. The fraction of sp³-hybridized carbons (Fsp3) is 0.417. The lowest BCUT2D eigenvalue weighted by Gasteiger charge is -2.11. The fourth-order valence-electron chi connectivity index (χ4n) is 1.33. The number of carbonyl (C=O) groups is 1. The van der Waals surface area contributed by atoms with Gasteiger partial charge >= 0.3 is 0 Å². The molecule has 0 saturated carbocycles. The monoisotopic (exact) mass is 253 g/mol. The molecular weight excluding hydrogens is 234 g/mol. The summed E-state index contributed by atoms with van der Waals surface area (Å²) in [4.78, 5) is 11.6. The molecule has 1 atom stereocenters. The third-order valence-electron chi connectivity index (χ3n) is 2.42. The van der Waals surface area contributed by atoms with E-state index in [-0.39, 0.29) is 5.91 Å². The molecule has 1 aromatic carbocycles. The van der Waals surface area contributed by atoms with Gasteiger partial charge in [0.2, 0.25) is 5.91 Å². The van der Waals surface area contributed by atoms with Crippen LogP contribution in [0.3, 0.4) is 0 Å². The predicted molar refractivity (Wildman–Crippen MR) is 73.7 cm³/mol. The normalized spacial score (nSPS) is 12.1. The van der Waals surface area contributed by atoms with E-state index < -0.39 is 6.04 Å². The third kappa shape index (κ3) is 5.10. The Hall–Kier alpha value is -1.20. The summed E-state index contributed by atoms with van der Waals surface area (Å²) in [6.45, 7) is 0.492. The number of hydrogen-bond acceptors (Lipinski definition) is 4. The summed E-state index contributed by atoms with van der Waals surface area (Å²) in [5, 5.41) is 2.81. The zero-order valence-corrected chi connectivity index (χ0v) is 10.8. The van der Waals surface area contributed by atoms with Gasteiger partial charge in [0.1, 0.15) is 0 Å². The molecule has 0 bridgehead atoms. The number of nitrogen functional groups attached to an aromatic ring is 1. The Bertz CT molecular complexity index is 353. The number of nitrogens with two attached hydrogens (primary N) is 2. The van der Waals surface area contributed by atoms with Gasteiger partial charge in [0, 0.05) is 12.2 Å². The van der Waals surface area contributed by atoms with Gasteiger partial charge in [-0.15, -0.1) is 0 Å². The van der Waals surface area contributed by atoms with Crippen LogP contribution < -0.4 is 16.8 Å². The summed E-state index contributed by atoms with van der Waals surface area (Å²) in [5.74, 6) is 0.798. The van der Waals surface area contributed by atoms with E-state index in [2.05, 4.69) is 5.32 Å². The van der Waals surface area contributed by atoms with Crippen LogP contribution in [0.5, 0.6) is 0 Å². The van der Waals surface area contributed by atoms with Gasteiger partial charge in [-0.3, -0.25) is 4.79 Å². The average molecular weight is 253 g/mol. The highest BCUT2D eigenvalue weighted by Gasteiger charge is 2.11. The largest absolute Gasteiger partial charge is 0.399 e. The molecule has 4 nitrogen and oxygen atoms in total. The molecule has 0 saturated heterocycles. The van der Waals surface area contributed by atoms with Crippen molar-refractivity contribution in [3.05, 3.63) is 29.8 Å². The molecule has 1 aromatic rings. The van der Waals surface area contributed by atoms with E-state index in [1.54, 1.807) is 11.8 Å². The molecule has 5 heteroatoms. The minimum absolute atomic E-state index is 0.101. The first-order valence-electron chi connectivity index (χ1n) is 5.50. The van der Waals surface area contributed by atoms with Crippen molar-refractivity contribution in [3.8, 4) is 0 Å². The standard InChI is InChI=1S/C12H19N3OS/c1-17-7-6-11(14)12(16)15-8-9-2-4-10(13)5-3-9/h2-5,11H,6-8,13-14H2,1H3,(H,15,16)/t11-/m0/s1. The average Bonchev–Trinajstić information content (AvgIpc) is 2.34. The molecule has 0 aliphatic rings. The zero-order chi connectivity index (χ0) is 12.7. The van der Waals surface area contributed by atoms with Crippen LogP contribution in [0.25, 0.3) is 0 Å². The molecule has 1 rings (SSSR count). The van der Waals surface area contributed by atoms with Crippen molar-refractivity contribution in [2.75, 3.05) is 17.7 Å². The fourth-order valence-corrected chi connectivity index (χ4v) is 1.82. The van der Waals surface area contributed by atoms with Gasteiger partial charge in [-0.25, -0.2) is 0 Å². The summed E-state index contributed by atoms with van der Waals surface area (Å²) in [7, 11) is 0. The van der Waals surface area contributed by atoms with Gasteiger partial charge in [0.15, 0.2) is 0 Å². The number of benzene rings is 1. The minimum Gasteiger partial charge on any atom is -0.399 e. The Morgan fingerprint density at radius 2 is 2.06 bits per heavy atom. The lowest BCUT2D eigenvalue weighted by molar-refractivity contribution is -0.122. The Balaban J connectivity index is 2.34. The van der Waals surface area contributed by atoms with Crippen LogP contribution in [-0.2, 0) is 11.3 Å². The molecule has 0 aliphatic heterocycles. The van der Waals surface area contributed by atoms with Gasteiger partial charge in [-0.2, -0.15) is 11.8 Å². The van der Waals surface area contributed by atoms with Crippen LogP contribution in [0.15, 0.2) is 24.3 Å². The Labute approximate surface area is 106 Å². The molecule has 0 spiro atoms. The van der Waals surface area contributed by atoms with E-state index in [9.17, 15) is 4.79 Å². The quantitative estimate of drug-likeness (QED) is 0.660. The Morgan fingerprint density at radius 3 is 2.65 bits per heavy atom. The number of thioether (sulfide) groups is 1. The highest BCUT2D eigenvalue weighted by molar-refractivity contribution is 7.98. The van der Waals surface area contributed by atoms with Crippen molar-refractivity contribution in [1.29, 1.82) is 0 Å². The summed E-state index contributed by atoms with van der Waals surface area (Å²) >= 11 is 1.69. The van der Waals surface area contributed by atoms with Crippen molar-refractivity contribution in [2.24, 2.45) is 5.73 Å². The van der Waals surface area contributed by atoms with E-state index in [1.165, 1.54) is 0 Å². The van der Waals surface area contributed by atoms with E-state index in [1.807, 2.05) is 30.5 Å². The maximum absolute atomic E-state index is 11.6. The van der Waals surface area contributed by atoms with Crippen molar-refractivity contribution in [1.82, 2.24) is 5.32 Å². The summed E-state index contributed by atoms with van der Waals surface area (Å²) in [5.41, 5.74) is 13.1. The molecule has 1 amide bonds. The minimum atomic E-state index is -0.420. The van der Waals surface area contributed by atoms with Crippen LogP contribution in [0.1, 0.15) is 12.0 Å². The molecule has 0 fully saturated rings. The third-order valence-corrected chi connectivity index (χ3v) is 3.06. The molecule has 0 radical (unpaired) electrons. The van der Waals surface area contributed by atoms with Crippen LogP contribution in [0.2, 0.25) is 0 Å². The maximum Gasteiger partial charge on any atom is 0.237 e. The first-order valence-corrected chi connectivity index (χ1v) is 6.89. The second-order valence-electron chi connectivity index (χ2n) is 3.85. The van der Waals surface area contributed by atoms with Gasteiger partial charge in [-0.05, 0) is 36.1 Å². The maximum atomic E-state index is 11.6. The molecule has 0 aliphatic carbocycles. The summed E-state index contributed by atoms with van der Waals surface area (Å²) < 4.78 is 0. The van der Waals surface area contributed by atoms with E-state index in [0.29, 0.717) is 13.0 Å². The van der Waals surface area contributed by atoms with Crippen molar-refractivity contribution in [2.45, 2.75) is 19.0 Å². The van der Waals surface area contributed by atoms with Crippen LogP contribution in [0, 0.1) is 0 Å². The highest BCUT2D eigenvalue weighted by Crippen LogP contribution is 2.05. The summed E-state index contributed by atoms with van der Waals surface area (Å²) in [6, 6.07) is 6.99. The number of amides is 1. The lowest BCUT2D eigenvalue weighted by atomic mass is 10.2. The molecule has 94 valence electrons. The number of anilines is 1. The van der Waals surface area contributed by atoms with Crippen LogP contribution in [0.4, 0.5) is 5.69 Å². The second-order valence-corrected chi connectivity index (χ2v) is 4.83.